The van der Waals surface area contributed by atoms with E-state index in [1.165, 1.54) is 0 Å². The van der Waals surface area contributed by atoms with Crippen molar-refractivity contribution in [1.82, 2.24) is 15.3 Å². The Bertz CT molecular complexity index is 547. The van der Waals surface area contributed by atoms with Gasteiger partial charge in [0, 0.05) is 50.7 Å². The average Bonchev–Trinajstić information content (AvgIpc) is 2.44. The van der Waals surface area contributed by atoms with E-state index >= 15 is 0 Å². The molecule has 7 nitrogen and oxygen atoms in total. The zero-order valence-electron chi connectivity index (χ0n) is 12.4. The van der Waals surface area contributed by atoms with Crippen LogP contribution in [-0.2, 0) is 21.1 Å². The highest BCUT2D eigenvalue weighted by molar-refractivity contribution is 7.91. The van der Waals surface area contributed by atoms with Gasteiger partial charge in [0.25, 0.3) is 0 Å². The van der Waals surface area contributed by atoms with E-state index in [0.717, 1.165) is 12.1 Å². The van der Waals surface area contributed by atoms with Crippen LogP contribution in [0, 0.1) is 0 Å². The van der Waals surface area contributed by atoms with E-state index in [1.54, 1.807) is 19.5 Å². The van der Waals surface area contributed by atoms with Gasteiger partial charge in [0.05, 0.1) is 18.1 Å². The molecule has 1 aliphatic heterocycles. The minimum Gasteiger partial charge on any atom is -0.383 e. The van der Waals surface area contributed by atoms with Crippen LogP contribution in [0.15, 0.2) is 12.4 Å². The fraction of sp³-hybridized carbons (Fsp3) is 0.692. The van der Waals surface area contributed by atoms with Crippen molar-refractivity contribution in [2.45, 2.75) is 19.5 Å². The summed E-state index contributed by atoms with van der Waals surface area (Å²) in [6.45, 7) is 4.47. The van der Waals surface area contributed by atoms with E-state index in [4.69, 9.17) is 4.74 Å². The van der Waals surface area contributed by atoms with E-state index in [1.807, 2.05) is 11.8 Å². The summed E-state index contributed by atoms with van der Waals surface area (Å²) < 4.78 is 28.1. The van der Waals surface area contributed by atoms with Crippen molar-refractivity contribution < 1.29 is 13.2 Å². The van der Waals surface area contributed by atoms with Crippen molar-refractivity contribution in [3.8, 4) is 0 Å². The smallest absolute Gasteiger partial charge is 0.225 e. The van der Waals surface area contributed by atoms with Crippen molar-refractivity contribution in [2.75, 3.05) is 43.2 Å². The maximum atomic E-state index is 11.6. The lowest BCUT2D eigenvalue weighted by Crippen LogP contribution is -2.47. The van der Waals surface area contributed by atoms with Gasteiger partial charge in [-0.3, -0.25) is 0 Å². The zero-order valence-corrected chi connectivity index (χ0v) is 13.3. The Morgan fingerprint density at radius 3 is 2.76 bits per heavy atom. The SMILES string of the molecule is COCCNCc1cnc(N2CCS(=O)(=O)CC2C)nc1. The van der Waals surface area contributed by atoms with Crippen molar-refractivity contribution in [3.05, 3.63) is 18.0 Å². The number of hydrogen-bond acceptors (Lipinski definition) is 7. The van der Waals surface area contributed by atoms with Gasteiger partial charge in [-0.1, -0.05) is 0 Å². The number of aromatic nitrogens is 2. The lowest BCUT2D eigenvalue weighted by Gasteiger charge is -2.33. The Kier molecular flexibility index (Phi) is 5.49. The van der Waals surface area contributed by atoms with Crippen LogP contribution in [0.3, 0.4) is 0 Å². The first kappa shape index (κ1) is 16.1. The monoisotopic (exact) mass is 314 g/mol. The molecule has 1 unspecified atom stereocenters. The predicted octanol–water partition coefficient (Wildman–Crippen LogP) is -0.164. The Morgan fingerprint density at radius 2 is 2.14 bits per heavy atom. The molecule has 0 bridgehead atoms. The van der Waals surface area contributed by atoms with Crippen molar-refractivity contribution in [2.24, 2.45) is 0 Å². The number of sulfone groups is 1. The highest BCUT2D eigenvalue weighted by Crippen LogP contribution is 2.17. The average molecular weight is 314 g/mol. The van der Waals surface area contributed by atoms with Crippen LogP contribution in [0.2, 0.25) is 0 Å². The molecule has 21 heavy (non-hydrogen) atoms. The van der Waals surface area contributed by atoms with Gasteiger partial charge in [0.15, 0.2) is 9.84 Å². The third-order valence-electron chi connectivity index (χ3n) is 3.43. The van der Waals surface area contributed by atoms with Crippen LogP contribution in [0.25, 0.3) is 0 Å². The molecule has 0 aliphatic carbocycles. The summed E-state index contributed by atoms with van der Waals surface area (Å²) in [5.74, 6) is 0.926. The molecule has 2 heterocycles. The summed E-state index contributed by atoms with van der Waals surface area (Å²) in [5, 5.41) is 3.22. The van der Waals surface area contributed by atoms with Crippen molar-refractivity contribution >= 4 is 15.8 Å². The molecular formula is C13H22N4O3S. The molecule has 0 amide bonds. The summed E-state index contributed by atoms with van der Waals surface area (Å²) in [4.78, 5) is 10.6. The number of rotatable bonds is 6. The van der Waals surface area contributed by atoms with Gasteiger partial charge >= 0.3 is 0 Å². The van der Waals surface area contributed by atoms with Crippen LogP contribution in [0.1, 0.15) is 12.5 Å². The number of hydrogen-bond donors (Lipinski definition) is 1. The normalized spacial score (nSPS) is 21.4. The summed E-state index contributed by atoms with van der Waals surface area (Å²) in [5.41, 5.74) is 0.993. The Morgan fingerprint density at radius 1 is 1.43 bits per heavy atom. The molecule has 8 heteroatoms. The van der Waals surface area contributed by atoms with Crippen LogP contribution >= 0.6 is 0 Å². The van der Waals surface area contributed by atoms with Gasteiger partial charge in [0.2, 0.25) is 5.95 Å². The van der Waals surface area contributed by atoms with Crippen LogP contribution < -0.4 is 10.2 Å². The predicted molar refractivity (Wildman–Crippen MR) is 81.1 cm³/mol. The molecule has 1 fully saturated rings. The highest BCUT2D eigenvalue weighted by atomic mass is 32.2. The van der Waals surface area contributed by atoms with Crippen LogP contribution in [0.5, 0.6) is 0 Å². The van der Waals surface area contributed by atoms with E-state index < -0.39 is 9.84 Å². The summed E-state index contributed by atoms with van der Waals surface area (Å²) >= 11 is 0. The molecule has 1 aromatic heterocycles. The molecule has 1 saturated heterocycles. The van der Waals surface area contributed by atoms with Gasteiger partial charge < -0.3 is 15.0 Å². The van der Waals surface area contributed by atoms with Gasteiger partial charge in [-0.25, -0.2) is 18.4 Å². The highest BCUT2D eigenvalue weighted by Gasteiger charge is 2.29. The first-order chi connectivity index (χ1) is 10.0. The lowest BCUT2D eigenvalue weighted by molar-refractivity contribution is 0.199. The first-order valence-electron chi connectivity index (χ1n) is 6.99. The van der Waals surface area contributed by atoms with Crippen molar-refractivity contribution in [3.63, 3.8) is 0 Å². The van der Waals surface area contributed by atoms with Gasteiger partial charge in [-0.05, 0) is 6.92 Å². The maximum absolute atomic E-state index is 11.6. The first-order valence-corrected chi connectivity index (χ1v) is 8.81. The quantitative estimate of drug-likeness (QED) is 0.730. The molecule has 1 aromatic rings. The number of methoxy groups -OCH3 is 1. The molecule has 0 saturated carbocycles. The number of nitrogens with zero attached hydrogens (tertiary/aromatic N) is 3. The lowest BCUT2D eigenvalue weighted by atomic mass is 10.3. The standard InChI is InChI=1S/C13H22N4O3S/c1-11-10-21(18,19)6-4-17(11)13-15-8-12(9-16-13)7-14-3-5-20-2/h8-9,11,14H,3-7,10H2,1-2H3. The molecule has 1 N–H and O–H groups in total. The van der Waals surface area contributed by atoms with Gasteiger partial charge in [0.1, 0.15) is 0 Å². The Labute approximate surface area is 125 Å². The minimum atomic E-state index is -2.92. The minimum absolute atomic E-state index is 0.0885. The third kappa shape index (κ3) is 4.62. The largest absolute Gasteiger partial charge is 0.383 e. The molecule has 1 aliphatic rings. The Hall–Kier alpha value is -1.25. The third-order valence-corrected chi connectivity index (χ3v) is 5.23. The number of nitrogens with one attached hydrogen (secondary N) is 1. The molecule has 0 radical (unpaired) electrons. The van der Waals surface area contributed by atoms with Crippen molar-refractivity contribution in [1.29, 1.82) is 0 Å². The second-order valence-corrected chi connectivity index (χ2v) is 7.45. The summed E-state index contributed by atoms with van der Waals surface area (Å²) in [7, 11) is -1.25. The topological polar surface area (TPSA) is 84.4 Å². The van der Waals surface area contributed by atoms with E-state index in [-0.39, 0.29) is 17.5 Å². The van der Waals surface area contributed by atoms with E-state index in [0.29, 0.717) is 25.6 Å². The summed E-state index contributed by atoms with van der Waals surface area (Å²) in [6, 6.07) is -0.0885. The second-order valence-electron chi connectivity index (χ2n) is 5.22. The molecule has 0 spiro atoms. The van der Waals surface area contributed by atoms with Crippen LogP contribution in [0.4, 0.5) is 5.95 Å². The van der Waals surface area contributed by atoms with E-state index in [2.05, 4.69) is 15.3 Å². The van der Waals surface area contributed by atoms with E-state index in [9.17, 15) is 8.42 Å². The maximum Gasteiger partial charge on any atom is 0.225 e. The molecule has 2 rings (SSSR count). The Balaban J connectivity index is 1.93. The van der Waals surface area contributed by atoms with Gasteiger partial charge in [-0.2, -0.15) is 0 Å². The number of ether oxygens (including phenoxy) is 1. The van der Waals surface area contributed by atoms with Crippen LogP contribution in [-0.4, -0.2) is 62.7 Å². The number of anilines is 1. The molecule has 118 valence electrons. The zero-order chi connectivity index (χ0) is 15.3. The fourth-order valence-electron chi connectivity index (χ4n) is 2.29. The summed E-state index contributed by atoms with van der Waals surface area (Å²) in [6.07, 6.45) is 3.55. The molecule has 1 atom stereocenters. The molecule has 0 aromatic carbocycles. The second kappa shape index (κ2) is 7.15. The molecular weight excluding hydrogens is 292 g/mol. The van der Waals surface area contributed by atoms with Gasteiger partial charge in [-0.15, -0.1) is 0 Å². The fourth-order valence-corrected chi connectivity index (χ4v) is 3.85.